The van der Waals surface area contributed by atoms with Crippen molar-refractivity contribution in [3.05, 3.63) is 53.1 Å². The first kappa shape index (κ1) is 17.4. The second kappa shape index (κ2) is 7.64. The number of carbonyl (C=O) groups excluding carboxylic acids is 1. The molecule has 0 saturated carbocycles. The van der Waals surface area contributed by atoms with Gasteiger partial charge in [0.1, 0.15) is 18.2 Å². The maximum absolute atomic E-state index is 12.8. The minimum atomic E-state index is 0.0305. The van der Waals surface area contributed by atoms with Crippen LogP contribution in [0.2, 0.25) is 0 Å². The van der Waals surface area contributed by atoms with E-state index >= 15 is 0 Å². The van der Waals surface area contributed by atoms with E-state index in [4.69, 9.17) is 4.74 Å². The Morgan fingerprint density at radius 1 is 1.24 bits per heavy atom. The summed E-state index contributed by atoms with van der Waals surface area (Å²) in [6, 6.07) is 6.19. The third kappa shape index (κ3) is 3.81. The number of rotatable bonds is 4. The van der Waals surface area contributed by atoms with Crippen molar-refractivity contribution >= 4 is 5.91 Å². The lowest BCUT2D eigenvalue weighted by Crippen LogP contribution is -2.42. The molecule has 3 rings (SSSR count). The Kier molecular flexibility index (Phi) is 5.31. The number of piperidine rings is 1. The molecular formula is C20H25N3O2. The molecule has 0 aliphatic carbocycles. The molecule has 1 aromatic heterocycles. The summed E-state index contributed by atoms with van der Waals surface area (Å²) in [5, 5.41) is 0. The summed E-state index contributed by atoms with van der Waals surface area (Å²) >= 11 is 0. The molecule has 1 aromatic carbocycles. The van der Waals surface area contributed by atoms with Gasteiger partial charge in [0.15, 0.2) is 0 Å². The van der Waals surface area contributed by atoms with Crippen LogP contribution in [0.4, 0.5) is 0 Å². The lowest BCUT2D eigenvalue weighted by molar-refractivity contribution is 0.0591. The number of para-hydroxylation sites is 1. The van der Waals surface area contributed by atoms with Crippen LogP contribution in [0.15, 0.2) is 30.7 Å². The summed E-state index contributed by atoms with van der Waals surface area (Å²) in [4.78, 5) is 22.9. The summed E-state index contributed by atoms with van der Waals surface area (Å²) in [6.07, 6.45) is 5.70. The van der Waals surface area contributed by atoms with E-state index < -0.39 is 0 Å². The maximum Gasteiger partial charge on any atom is 0.257 e. The molecule has 0 atom stereocenters. The van der Waals surface area contributed by atoms with Gasteiger partial charge in [-0.05, 0) is 31.4 Å². The first-order chi connectivity index (χ1) is 12.1. The average molecular weight is 339 g/mol. The first-order valence-corrected chi connectivity index (χ1v) is 8.91. The third-order valence-corrected chi connectivity index (χ3v) is 4.78. The van der Waals surface area contributed by atoms with E-state index in [2.05, 4.69) is 35.9 Å². The largest absolute Gasteiger partial charge is 0.490 e. The fraction of sp³-hybridized carbons (Fsp3) is 0.450. The molecule has 5 nitrogen and oxygen atoms in total. The van der Waals surface area contributed by atoms with Crippen molar-refractivity contribution in [2.24, 2.45) is 0 Å². The normalized spacial score (nSPS) is 15.2. The summed E-state index contributed by atoms with van der Waals surface area (Å²) in [5.74, 6) is 1.01. The molecule has 0 N–H and O–H groups in total. The molecular weight excluding hydrogens is 314 g/mol. The van der Waals surface area contributed by atoms with Crippen molar-refractivity contribution < 1.29 is 9.53 Å². The Morgan fingerprint density at radius 3 is 2.56 bits per heavy atom. The van der Waals surface area contributed by atoms with Gasteiger partial charge in [-0.1, -0.05) is 25.1 Å². The van der Waals surface area contributed by atoms with E-state index in [9.17, 15) is 4.79 Å². The van der Waals surface area contributed by atoms with Crippen LogP contribution in [0.3, 0.4) is 0 Å². The second-order valence-electron chi connectivity index (χ2n) is 6.57. The zero-order chi connectivity index (χ0) is 17.8. The first-order valence-electron chi connectivity index (χ1n) is 8.91. The number of carbonyl (C=O) groups is 1. The van der Waals surface area contributed by atoms with Gasteiger partial charge in [-0.3, -0.25) is 4.79 Å². The molecule has 0 radical (unpaired) electrons. The van der Waals surface area contributed by atoms with Crippen LogP contribution < -0.4 is 4.74 Å². The van der Waals surface area contributed by atoms with Gasteiger partial charge in [0.25, 0.3) is 5.91 Å². The zero-order valence-corrected chi connectivity index (χ0v) is 15.2. The molecule has 25 heavy (non-hydrogen) atoms. The zero-order valence-electron chi connectivity index (χ0n) is 15.2. The highest BCUT2D eigenvalue weighted by Crippen LogP contribution is 2.26. The summed E-state index contributed by atoms with van der Waals surface area (Å²) in [7, 11) is 0. The molecule has 2 aromatic rings. The van der Waals surface area contributed by atoms with Crippen LogP contribution in [0.1, 0.15) is 46.9 Å². The van der Waals surface area contributed by atoms with Crippen LogP contribution in [-0.4, -0.2) is 40.0 Å². The van der Waals surface area contributed by atoms with Gasteiger partial charge in [-0.25, -0.2) is 9.97 Å². The number of likely N-dealkylation sites (tertiary alicyclic amines) is 1. The quantitative estimate of drug-likeness (QED) is 0.857. The molecule has 0 unspecified atom stereocenters. The Bertz CT molecular complexity index is 732. The Balaban J connectivity index is 1.63. The number of benzene rings is 1. The van der Waals surface area contributed by atoms with Gasteiger partial charge in [-0.2, -0.15) is 0 Å². The van der Waals surface area contributed by atoms with E-state index in [1.165, 1.54) is 6.33 Å². The van der Waals surface area contributed by atoms with Crippen LogP contribution in [0.5, 0.6) is 5.75 Å². The molecule has 0 bridgehead atoms. The van der Waals surface area contributed by atoms with Crippen molar-refractivity contribution in [2.45, 2.75) is 46.1 Å². The molecule has 132 valence electrons. The van der Waals surface area contributed by atoms with Crippen LogP contribution in [0.25, 0.3) is 0 Å². The van der Waals surface area contributed by atoms with Crippen LogP contribution >= 0.6 is 0 Å². The Morgan fingerprint density at radius 2 is 1.92 bits per heavy atom. The van der Waals surface area contributed by atoms with Crippen molar-refractivity contribution in [3.63, 3.8) is 0 Å². The number of aryl methyl sites for hydroxylation is 3. The number of hydrogen-bond acceptors (Lipinski definition) is 4. The Hall–Kier alpha value is -2.43. The molecule has 1 fully saturated rings. The highest BCUT2D eigenvalue weighted by molar-refractivity contribution is 5.95. The van der Waals surface area contributed by atoms with Gasteiger partial charge in [0.05, 0.1) is 11.3 Å². The minimum absolute atomic E-state index is 0.0305. The molecule has 1 aliphatic heterocycles. The number of aromatic nitrogens is 2. The second-order valence-corrected chi connectivity index (χ2v) is 6.57. The smallest absolute Gasteiger partial charge is 0.257 e. The highest BCUT2D eigenvalue weighted by atomic mass is 16.5. The fourth-order valence-electron chi connectivity index (χ4n) is 3.31. The maximum atomic E-state index is 12.8. The van der Waals surface area contributed by atoms with E-state index in [0.29, 0.717) is 18.7 Å². The molecule has 1 saturated heterocycles. The topological polar surface area (TPSA) is 55.3 Å². The number of amides is 1. The average Bonchev–Trinajstić information content (AvgIpc) is 2.65. The SMILES string of the molecule is CCc1ncncc1C(=O)N1CCC(Oc2c(C)cccc2C)CC1. The Labute approximate surface area is 149 Å². The van der Waals surface area contributed by atoms with Gasteiger partial charge in [-0.15, -0.1) is 0 Å². The highest BCUT2D eigenvalue weighted by Gasteiger charge is 2.26. The van der Waals surface area contributed by atoms with Gasteiger partial charge >= 0.3 is 0 Å². The molecule has 1 amide bonds. The predicted octanol–water partition coefficient (Wildman–Crippen LogP) is 3.34. The molecule has 5 heteroatoms. The van der Waals surface area contributed by atoms with Crippen LogP contribution in [-0.2, 0) is 6.42 Å². The standard InChI is InChI=1S/C20H25N3O2/c1-4-18-17(12-21-13-22-18)20(24)23-10-8-16(9-11-23)25-19-14(2)6-5-7-15(19)3/h5-7,12-13,16H,4,8-11H2,1-3H3. The van der Waals surface area contributed by atoms with Crippen LogP contribution in [0, 0.1) is 13.8 Å². The lowest BCUT2D eigenvalue weighted by Gasteiger charge is -2.33. The summed E-state index contributed by atoms with van der Waals surface area (Å²) in [5.41, 5.74) is 3.76. The van der Waals surface area contributed by atoms with E-state index in [-0.39, 0.29) is 12.0 Å². The van der Waals surface area contributed by atoms with E-state index in [1.807, 2.05) is 17.9 Å². The van der Waals surface area contributed by atoms with Gasteiger partial charge < -0.3 is 9.64 Å². The lowest BCUT2D eigenvalue weighted by atomic mass is 10.0. The number of nitrogens with zero attached hydrogens (tertiary/aromatic N) is 3. The molecule has 2 heterocycles. The summed E-state index contributed by atoms with van der Waals surface area (Å²) in [6.45, 7) is 7.55. The predicted molar refractivity (Wildman–Crippen MR) is 96.9 cm³/mol. The number of hydrogen-bond donors (Lipinski definition) is 0. The van der Waals surface area contributed by atoms with Gasteiger partial charge in [0, 0.05) is 32.1 Å². The van der Waals surface area contributed by atoms with Crippen molar-refractivity contribution in [2.75, 3.05) is 13.1 Å². The van der Waals surface area contributed by atoms with E-state index in [1.54, 1.807) is 6.20 Å². The number of ether oxygens (including phenoxy) is 1. The van der Waals surface area contributed by atoms with Gasteiger partial charge in [0.2, 0.25) is 0 Å². The van der Waals surface area contributed by atoms with E-state index in [0.717, 1.165) is 41.8 Å². The molecule has 0 spiro atoms. The van der Waals surface area contributed by atoms with Crippen molar-refractivity contribution in [3.8, 4) is 5.75 Å². The minimum Gasteiger partial charge on any atom is -0.490 e. The fourth-order valence-corrected chi connectivity index (χ4v) is 3.31. The monoisotopic (exact) mass is 339 g/mol. The van der Waals surface area contributed by atoms with Crippen molar-refractivity contribution in [1.29, 1.82) is 0 Å². The molecule has 1 aliphatic rings. The third-order valence-electron chi connectivity index (χ3n) is 4.78. The van der Waals surface area contributed by atoms with Crippen molar-refractivity contribution in [1.82, 2.24) is 14.9 Å². The summed E-state index contributed by atoms with van der Waals surface area (Å²) < 4.78 is 6.23.